The molecule has 0 N–H and O–H groups in total. The van der Waals surface area contributed by atoms with Crippen molar-refractivity contribution in [3.63, 3.8) is 0 Å². The van der Waals surface area contributed by atoms with Crippen molar-refractivity contribution in [1.82, 2.24) is 4.90 Å². The Bertz CT molecular complexity index is 811. The van der Waals surface area contributed by atoms with Crippen molar-refractivity contribution in [2.45, 2.75) is 19.3 Å². The first kappa shape index (κ1) is 24.3. The van der Waals surface area contributed by atoms with Gasteiger partial charge in [-0.25, -0.2) is 0 Å². The molecule has 0 bridgehead atoms. The number of nitrogens with zero attached hydrogens (tertiary/aromatic N) is 3. The molecule has 164 valence electrons. The molecule has 1 amide bonds. The SMILES string of the molecule is CN1C(=O)CCc2c(OCCCN3CCN(c4ccccc4)CC3)cccc21.Cl.Cl. The van der Waals surface area contributed by atoms with Gasteiger partial charge >= 0.3 is 0 Å². The largest absolute Gasteiger partial charge is 0.493 e. The second-order valence-electron chi connectivity index (χ2n) is 7.57. The Morgan fingerprint density at radius 3 is 2.37 bits per heavy atom. The molecule has 4 rings (SSSR count). The highest BCUT2D eigenvalue weighted by molar-refractivity contribution is 5.96. The summed E-state index contributed by atoms with van der Waals surface area (Å²) in [6, 6.07) is 16.7. The third-order valence-corrected chi connectivity index (χ3v) is 5.80. The summed E-state index contributed by atoms with van der Waals surface area (Å²) in [6.07, 6.45) is 2.36. The van der Waals surface area contributed by atoms with Crippen LogP contribution in [0.25, 0.3) is 0 Å². The molecular weight excluding hydrogens is 421 g/mol. The van der Waals surface area contributed by atoms with Gasteiger partial charge in [0, 0.05) is 57.4 Å². The quantitative estimate of drug-likeness (QED) is 0.621. The van der Waals surface area contributed by atoms with Crippen molar-refractivity contribution in [3.8, 4) is 5.75 Å². The predicted molar refractivity (Wildman–Crippen MR) is 128 cm³/mol. The maximum atomic E-state index is 11.9. The fourth-order valence-electron chi connectivity index (χ4n) is 4.13. The zero-order chi connectivity index (χ0) is 19.3. The molecule has 0 radical (unpaired) electrons. The summed E-state index contributed by atoms with van der Waals surface area (Å²) in [5, 5.41) is 0. The van der Waals surface area contributed by atoms with E-state index in [-0.39, 0.29) is 30.7 Å². The number of hydrogen-bond donors (Lipinski definition) is 0. The third kappa shape index (κ3) is 5.60. The van der Waals surface area contributed by atoms with Gasteiger partial charge in [-0.2, -0.15) is 0 Å². The highest BCUT2D eigenvalue weighted by Crippen LogP contribution is 2.33. The Morgan fingerprint density at radius 2 is 1.63 bits per heavy atom. The van der Waals surface area contributed by atoms with Crippen molar-refractivity contribution in [2.24, 2.45) is 0 Å². The van der Waals surface area contributed by atoms with Crippen LogP contribution >= 0.6 is 24.8 Å². The van der Waals surface area contributed by atoms with E-state index in [0.29, 0.717) is 13.0 Å². The first-order valence-electron chi connectivity index (χ1n) is 10.3. The molecule has 2 aliphatic heterocycles. The summed E-state index contributed by atoms with van der Waals surface area (Å²) >= 11 is 0. The molecule has 0 atom stereocenters. The molecule has 2 aromatic carbocycles. The number of rotatable bonds is 6. The lowest BCUT2D eigenvalue weighted by molar-refractivity contribution is -0.118. The standard InChI is InChI=1S/C23H29N3O2.2ClH/c1-24-21-9-5-10-22(20(21)11-12-23(24)27)28-18-6-13-25-14-16-26(17-15-25)19-7-3-2-4-8-19;;/h2-5,7-10H,6,11-18H2,1H3;2*1H. The Morgan fingerprint density at radius 1 is 0.900 bits per heavy atom. The number of benzene rings is 2. The highest BCUT2D eigenvalue weighted by atomic mass is 35.5. The maximum Gasteiger partial charge on any atom is 0.227 e. The predicted octanol–water partition coefficient (Wildman–Crippen LogP) is 4.03. The van der Waals surface area contributed by atoms with Gasteiger partial charge in [0.05, 0.1) is 12.3 Å². The molecule has 0 aliphatic carbocycles. The van der Waals surface area contributed by atoms with Gasteiger partial charge in [0.2, 0.25) is 5.91 Å². The molecule has 0 aromatic heterocycles. The van der Waals surface area contributed by atoms with Gasteiger partial charge in [-0.3, -0.25) is 9.69 Å². The van der Waals surface area contributed by atoms with Crippen LogP contribution in [-0.4, -0.2) is 57.2 Å². The average molecular weight is 452 g/mol. The van der Waals surface area contributed by atoms with E-state index >= 15 is 0 Å². The van der Waals surface area contributed by atoms with Crippen LogP contribution in [0.1, 0.15) is 18.4 Å². The van der Waals surface area contributed by atoms with E-state index in [9.17, 15) is 4.79 Å². The summed E-state index contributed by atoms with van der Waals surface area (Å²) in [6.45, 7) is 6.14. The Kier molecular flexibility index (Phi) is 9.28. The number of para-hydroxylation sites is 1. The van der Waals surface area contributed by atoms with E-state index in [1.165, 1.54) is 11.3 Å². The molecule has 0 unspecified atom stereocenters. The average Bonchev–Trinajstić information content (AvgIpc) is 2.75. The molecule has 2 aromatic rings. The highest BCUT2D eigenvalue weighted by Gasteiger charge is 2.23. The van der Waals surface area contributed by atoms with E-state index < -0.39 is 0 Å². The number of carbonyl (C=O) groups excluding carboxylic acids is 1. The summed E-state index contributed by atoms with van der Waals surface area (Å²) in [5.74, 6) is 1.12. The van der Waals surface area contributed by atoms with Crippen LogP contribution in [0.4, 0.5) is 11.4 Å². The first-order valence-corrected chi connectivity index (χ1v) is 10.3. The van der Waals surface area contributed by atoms with E-state index in [1.54, 1.807) is 4.90 Å². The van der Waals surface area contributed by atoms with Crippen LogP contribution in [0.5, 0.6) is 5.75 Å². The van der Waals surface area contributed by atoms with Crippen molar-refractivity contribution >= 4 is 42.1 Å². The topological polar surface area (TPSA) is 36.0 Å². The first-order chi connectivity index (χ1) is 13.7. The van der Waals surface area contributed by atoms with Crippen molar-refractivity contribution in [2.75, 3.05) is 56.2 Å². The monoisotopic (exact) mass is 451 g/mol. The summed E-state index contributed by atoms with van der Waals surface area (Å²) in [4.78, 5) is 18.6. The molecule has 1 saturated heterocycles. The van der Waals surface area contributed by atoms with E-state index in [4.69, 9.17) is 4.74 Å². The molecule has 0 spiro atoms. The van der Waals surface area contributed by atoms with Crippen LogP contribution < -0.4 is 14.5 Å². The van der Waals surface area contributed by atoms with Gasteiger partial charge in [-0.1, -0.05) is 24.3 Å². The Hall–Kier alpha value is -1.95. The van der Waals surface area contributed by atoms with E-state index in [0.717, 1.165) is 57.0 Å². The number of carbonyl (C=O) groups is 1. The van der Waals surface area contributed by atoms with Crippen molar-refractivity contribution < 1.29 is 9.53 Å². The molecule has 30 heavy (non-hydrogen) atoms. The molecule has 7 heteroatoms. The van der Waals surface area contributed by atoms with Gasteiger partial charge < -0.3 is 14.5 Å². The maximum absolute atomic E-state index is 11.9. The number of piperazine rings is 1. The van der Waals surface area contributed by atoms with Crippen LogP contribution in [-0.2, 0) is 11.2 Å². The van der Waals surface area contributed by atoms with Crippen LogP contribution in [0.3, 0.4) is 0 Å². The fourth-order valence-corrected chi connectivity index (χ4v) is 4.13. The summed E-state index contributed by atoms with van der Waals surface area (Å²) in [5.41, 5.74) is 3.48. The second kappa shape index (κ2) is 11.4. The smallest absolute Gasteiger partial charge is 0.227 e. The van der Waals surface area contributed by atoms with Crippen LogP contribution in [0, 0.1) is 0 Å². The van der Waals surface area contributed by atoms with E-state index in [1.807, 2.05) is 25.2 Å². The van der Waals surface area contributed by atoms with Gasteiger partial charge in [0.15, 0.2) is 0 Å². The minimum atomic E-state index is 0. The van der Waals surface area contributed by atoms with Gasteiger partial charge in [-0.05, 0) is 37.1 Å². The number of fused-ring (bicyclic) bond motifs is 1. The molecule has 2 heterocycles. The number of ether oxygens (including phenoxy) is 1. The van der Waals surface area contributed by atoms with Crippen LogP contribution in [0.15, 0.2) is 48.5 Å². The van der Waals surface area contributed by atoms with E-state index in [2.05, 4.69) is 40.1 Å². The number of amides is 1. The molecule has 1 fully saturated rings. The normalized spacial score (nSPS) is 16.4. The molecular formula is C23H31Cl2N3O2. The minimum absolute atomic E-state index is 0. The summed E-state index contributed by atoms with van der Waals surface area (Å²) in [7, 11) is 1.85. The Balaban J connectivity index is 0.00000160. The lowest BCUT2D eigenvalue weighted by Gasteiger charge is -2.36. The number of hydrogen-bond acceptors (Lipinski definition) is 4. The minimum Gasteiger partial charge on any atom is -0.493 e. The van der Waals surface area contributed by atoms with Crippen molar-refractivity contribution in [3.05, 3.63) is 54.1 Å². The molecule has 5 nitrogen and oxygen atoms in total. The number of halogens is 2. The summed E-state index contributed by atoms with van der Waals surface area (Å²) < 4.78 is 6.09. The van der Waals surface area contributed by atoms with Crippen molar-refractivity contribution in [1.29, 1.82) is 0 Å². The molecule has 0 saturated carbocycles. The van der Waals surface area contributed by atoms with Gasteiger partial charge in [0.1, 0.15) is 5.75 Å². The number of anilines is 2. The molecule has 2 aliphatic rings. The zero-order valence-corrected chi connectivity index (χ0v) is 19.1. The second-order valence-corrected chi connectivity index (χ2v) is 7.57. The van der Waals surface area contributed by atoms with Crippen LogP contribution in [0.2, 0.25) is 0 Å². The fraction of sp³-hybridized carbons (Fsp3) is 0.435. The van der Waals surface area contributed by atoms with Gasteiger partial charge in [-0.15, -0.1) is 24.8 Å². The zero-order valence-electron chi connectivity index (χ0n) is 17.5. The lowest BCUT2D eigenvalue weighted by atomic mass is 10.0. The lowest BCUT2D eigenvalue weighted by Crippen LogP contribution is -2.46. The third-order valence-electron chi connectivity index (χ3n) is 5.80. The Labute approximate surface area is 191 Å². The van der Waals surface area contributed by atoms with Gasteiger partial charge in [0.25, 0.3) is 0 Å².